The van der Waals surface area contributed by atoms with Crippen molar-refractivity contribution in [3.05, 3.63) is 78.9 Å². The highest BCUT2D eigenvalue weighted by atomic mass is 32.2. The van der Waals surface area contributed by atoms with Crippen LogP contribution in [0.4, 0.5) is 21.9 Å². The molecule has 0 aromatic heterocycles. The summed E-state index contributed by atoms with van der Waals surface area (Å²) in [6.07, 6.45) is 2.38. The van der Waals surface area contributed by atoms with Gasteiger partial charge >= 0.3 is 6.03 Å². The molecular weight excluding hydrogens is 464 g/mol. The first kappa shape index (κ1) is 24.2. The number of thioether (sulfide) groups is 1. The third-order valence-corrected chi connectivity index (χ3v) is 5.99. The Morgan fingerprint density at radius 1 is 1.00 bits per heavy atom. The minimum Gasteiger partial charge on any atom is -0.457 e. The van der Waals surface area contributed by atoms with E-state index in [1.54, 1.807) is 60.3 Å². The van der Waals surface area contributed by atoms with Gasteiger partial charge in [0.05, 0.1) is 11.4 Å². The molecule has 35 heavy (non-hydrogen) atoms. The van der Waals surface area contributed by atoms with Gasteiger partial charge in [-0.25, -0.2) is 4.79 Å². The summed E-state index contributed by atoms with van der Waals surface area (Å²) in [5.41, 5.74) is 1.73. The zero-order valence-electron chi connectivity index (χ0n) is 19.2. The van der Waals surface area contributed by atoms with Crippen molar-refractivity contribution in [3.63, 3.8) is 0 Å². The van der Waals surface area contributed by atoms with E-state index < -0.39 is 12.1 Å². The quantitative estimate of drug-likeness (QED) is 0.425. The number of para-hydroxylation sites is 3. The van der Waals surface area contributed by atoms with Gasteiger partial charge in [0.15, 0.2) is 0 Å². The molecule has 0 saturated carbocycles. The van der Waals surface area contributed by atoms with Crippen molar-refractivity contribution < 1.29 is 19.1 Å². The summed E-state index contributed by atoms with van der Waals surface area (Å²) in [7, 11) is 0. The monoisotopic (exact) mass is 490 g/mol. The number of fused-ring (bicyclic) bond motifs is 1. The Bertz CT molecular complexity index is 1190. The molecule has 0 aliphatic carbocycles. The second-order valence-electron chi connectivity index (χ2n) is 7.86. The molecule has 0 unspecified atom stereocenters. The fraction of sp³-hybridized carbons (Fsp3) is 0.192. The largest absolute Gasteiger partial charge is 0.457 e. The van der Waals surface area contributed by atoms with E-state index in [2.05, 4.69) is 16.0 Å². The number of ether oxygens (including phenoxy) is 1. The number of benzene rings is 3. The number of nitrogens with zero attached hydrogens (tertiary/aromatic N) is 1. The molecule has 0 saturated heterocycles. The van der Waals surface area contributed by atoms with Crippen molar-refractivity contribution in [2.45, 2.75) is 12.5 Å². The lowest BCUT2D eigenvalue weighted by Gasteiger charge is -2.30. The molecule has 0 fully saturated rings. The maximum atomic E-state index is 13.1. The van der Waals surface area contributed by atoms with Crippen LogP contribution in [-0.2, 0) is 9.59 Å². The number of carbonyl (C=O) groups is 3. The molecule has 4 rings (SSSR count). The summed E-state index contributed by atoms with van der Waals surface area (Å²) in [6, 6.07) is 22.2. The second-order valence-corrected chi connectivity index (χ2v) is 8.85. The Kier molecular flexibility index (Phi) is 7.89. The van der Waals surface area contributed by atoms with Crippen LogP contribution in [0.25, 0.3) is 0 Å². The van der Waals surface area contributed by atoms with Crippen LogP contribution in [0, 0.1) is 0 Å². The summed E-state index contributed by atoms with van der Waals surface area (Å²) >= 11 is 1.58. The van der Waals surface area contributed by atoms with Crippen molar-refractivity contribution in [2.24, 2.45) is 0 Å². The first-order valence-corrected chi connectivity index (χ1v) is 12.5. The lowest BCUT2D eigenvalue weighted by Crippen LogP contribution is -2.53. The van der Waals surface area contributed by atoms with Crippen LogP contribution >= 0.6 is 11.8 Å². The zero-order valence-corrected chi connectivity index (χ0v) is 20.0. The normalized spacial score (nSPS) is 13.3. The molecule has 4 amide bonds. The Labute approximate surface area is 208 Å². The van der Waals surface area contributed by atoms with Crippen LogP contribution in [0.5, 0.6) is 11.5 Å². The van der Waals surface area contributed by atoms with Gasteiger partial charge in [0, 0.05) is 5.69 Å². The summed E-state index contributed by atoms with van der Waals surface area (Å²) in [4.78, 5) is 39.6. The van der Waals surface area contributed by atoms with Crippen molar-refractivity contribution >= 4 is 46.7 Å². The Morgan fingerprint density at radius 2 is 1.69 bits per heavy atom. The molecule has 1 atom stereocenters. The van der Waals surface area contributed by atoms with Crippen molar-refractivity contribution in [2.75, 3.05) is 34.1 Å². The number of amides is 4. The number of nitrogens with one attached hydrogen (secondary N) is 3. The second kappa shape index (κ2) is 11.4. The molecule has 0 spiro atoms. The van der Waals surface area contributed by atoms with E-state index in [0.29, 0.717) is 35.0 Å². The van der Waals surface area contributed by atoms with Gasteiger partial charge in [0.25, 0.3) is 0 Å². The van der Waals surface area contributed by atoms with Crippen LogP contribution in [0.2, 0.25) is 0 Å². The van der Waals surface area contributed by atoms with Gasteiger partial charge in [0.1, 0.15) is 24.1 Å². The minimum absolute atomic E-state index is 0.122. The molecule has 1 heterocycles. The maximum Gasteiger partial charge on any atom is 0.323 e. The number of hydrogen-bond donors (Lipinski definition) is 3. The molecule has 180 valence electrons. The van der Waals surface area contributed by atoms with Crippen LogP contribution < -0.4 is 25.6 Å². The average Bonchev–Trinajstić information content (AvgIpc) is 2.87. The van der Waals surface area contributed by atoms with Crippen LogP contribution in [0.1, 0.15) is 6.42 Å². The highest BCUT2D eigenvalue weighted by Gasteiger charge is 2.29. The number of urea groups is 1. The van der Waals surface area contributed by atoms with E-state index in [1.165, 1.54) is 4.90 Å². The van der Waals surface area contributed by atoms with Gasteiger partial charge in [0.2, 0.25) is 11.8 Å². The van der Waals surface area contributed by atoms with E-state index in [-0.39, 0.29) is 18.4 Å². The van der Waals surface area contributed by atoms with Gasteiger partial charge in [-0.05, 0) is 67.0 Å². The average molecular weight is 491 g/mol. The third kappa shape index (κ3) is 6.33. The first-order chi connectivity index (χ1) is 17.0. The predicted octanol–water partition coefficient (Wildman–Crippen LogP) is 4.71. The molecule has 1 aliphatic heterocycles. The van der Waals surface area contributed by atoms with Crippen molar-refractivity contribution in [1.82, 2.24) is 5.32 Å². The molecular formula is C26H26N4O4S. The molecule has 8 nitrogen and oxygen atoms in total. The van der Waals surface area contributed by atoms with Gasteiger partial charge in [-0.2, -0.15) is 11.8 Å². The van der Waals surface area contributed by atoms with Gasteiger partial charge < -0.3 is 20.7 Å². The summed E-state index contributed by atoms with van der Waals surface area (Å²) in [5.74, 6) is 1.42. The van der Waals surface area contributed by atoms with Gasteiger partial charge in [-0.3, -0.25) is 14.5 Å². The number of hydrogen-bond acceptors (Lipinski definition) is 5. The smallest absolute Gasteiger partial charge is 0.323 e. The van der Waals surface area contributed by atoms with E-state index in [1.807, 2.05) is 36.6 Å². The summed E-state index contributed by atoms with van der Waals surface area (Å²) < 4.78 is 5.79. The van der Waals surface area contributed by atoms with Gasteiger partial charge in [-0.1, -0.05) is 30.3 Å². The van der Waals surface area contributed by atoms with E-state index in [9.17, 15) is 14.4 Å². The van der Waals surface area contributed by atoms with Crippen LogP contribution in [-0.4, -0.2) is 42.4 Å². The lowest BCUT2D eigenvalue weighted by atomic mass is 10.2. The van der Waals surface area contributed by atoms with Crippen LogP contribution in [0.15, 0.2) is 78.9 Å². The number of carbonyl (C=O) groups excluding carboxylic acids is 3. The Balaban J connectivity index is 1.42. The fourth-order valence-electron chi connectivity index (χ4n) is 3.61. The molecule has 1 aliphatic rings. The topological polar surface area (TPSA) is 99.8 Å². The summed E-state index contributed by atoms with van der Waals surface area (Å²) in [6.45, 7) is -0.122. The molecule has 0 bridgehead atoms. The lowest BCUT2D eigenvalue weighted by molar-refractivity contribution is -0.118. The third-order valence-electron chi connectivity index (χ3n) is 5.34. The van der Waals surface area contributed by atoms with Crippen molar-refractivity contribution in [1.29, 1.82) is 0 Å². The SMILES string of the molecule is CSCC[C@@H](NC(=O)N1CC(=O)Nc2ccccc21)C(=O)Nc1ccc(Oc2ccccc2)cc1. The maximum absolute atomic E-state index is 13.1. The molecule has 3 aromatic carbocycles. The first-order valence-electron chi connectivity index (χ1n) is 11.1. The molecule has 3 aromatic rings. The highest BCUT2D eigenvalue weighted by molar-refractivity contribution is 7.98. The number of rotatable bonds is 8. The molecule has 9 heteroatoms. The fourth-order valence-corrected chi connectivity index (χ4v) is 4.08. The van der Waals surface area contributed by atoms with Crippen molar-refractivity contribution in [3.8, 4) is 11.5 Å². The highest BCUT2D eigenvalue weighted by Crippen LogP contribution is 2.29. The number of anilines is 3. The molecule has 3 N–H and O–H groups in total. The van der Waals surface area contributed by atoms with E-state index in [4.69, 9.17) is 4.74 Å². The summed E-state index contributed by atoms with van der Waals surface area (Å²) in [5, 5.41) is 8.42. The Hall–Kier alpha value is -3.98. The van der Waals surface area contributed by atoms with Gasteiger partial charge in [-0.15, -0.1) is 0 Å². The van der Waals surface area contributed by atoms with E-state index >= 15 is 0 Å². The predicted molar refractivity (Wildman–Crippen MR) is 139 cm³/mol. The zero-order chi connectivity index (χ0) is 24.6. The van der Waals surface area contributed by atoms with Crippen LogP contribution in [0.3, 0.4) is 0 Å². The standard InChI is InChI=1S/C26H26N4O4S/c1-35-16-15-22(29-26(33)30-17-24(31)28-21-9-5-6-10-23(21)30)25(32)27-18-11-13-20(14-12-18)34-19-7-3-2-4-8-19/h2-14,22H,15-17H2,1H3,(H,27,32)(H,28,31)(H,29,33)/t22-/m1/s1. The Morgan fingerprint density at radius 3 is 2.43 bits per heavy atom. The minimum atomic E-state index is -0.771. The molecule has 0 radical (unpaired) electrons. The van der Waals surface area contributed by atoms with E-state index in [0.717, 1.165) is 5.75 Å².